The Morgan fingerprint density at radius 3 is 2.59 bits per heavy atom. The number of pyridine rings is 1. The van der Waals surface area contributed by atoms with E-state index in [1.165, 1.54) is 6.07 Å². The Morgan fingerprint density at radius 2 is 2.06 bits per heavy atom. The average molecular weight is 245 g/mol. The number of ether oxygens (including phenoxy) is 1. The molecule has 2 nitrogen and oxygen atoms in total. The van der Waals surface area contributed by atoms with E-state index < -0.39 is 11.7 Å². The molecule has 0 fully saturated rings. The van der Waals surface area contributed by atoms with Gasteiger partial charge in [0, 0.05) is 12.3 Å². The number of allylic oxidation sites excluding steroid dienone is 1. The first-order valence-corrected chi connectivity index (χ1v) is 5.31. The highest BCUT2D eigenvalue weighted by Gasteiger charge is 2.30. The van der Waals surface area contributed by atoms with Crippen LogP contribution in [0.2, 0.25) is 0 Å². The van der Waals surface area contributed by atoms with Crippen molar-refractivity contribution in [3.63, 3.8) is 0 Å². The smallest absolute Gasteiger partial charge is 0.417 e. The van der Waals surface area contributed by atoms with Crippen LogP contribution in [0.1, 0.15) is 24.8 Å². The van der Waals surface area contributed by atoms with E-state index in [4.69, 9.17) is 4.74 Å². The molecule has 0 N–H and O–H groups in total. The van der Waals surface area contributed by atoms with E-state index in [9.17, 15) is 13.2 Å². The molecule has 0 saturated heterocycles. The minimum absolute atomic E-state index is 0.219. The molecule has 0 aliphatic carbocycles. The average Bonchev–Trinajstić information content (AvgIpc) is 2.28. The van der Waals surface area contributed by atoms with Crippen LogP contribution in [0.15, 0.2) is 31.0 Å². The molecule has 1 aromatic heterocycles. The van der Waals surface area contributed by atoms with Gasteiger partial charge in [0.05, 0.1) is 12.2 Å². The second-order valence-corrected chi connectivity index (χ2v) is 3.52. The Morgan fingerprint density at radius 1 is 1.29 bits per heavy atom. The summed E-state index contributed by atoms with van der Waals surface area (Å²) < 4.78 is 41.9. The highest BCUT2D eigenvalue weighted by molar-refractivity contribution is 5.19. The second-order valence-electron chi connectivity index (χ2n) is 3.52. The summed E-state index contributed by atoms with van der Waals surface area (Å²) in [4.78, 5) is 3.60. The third-order valence-corrected chi connectivity index (χ3v) is 2.12. The van der Waals surface area contributed by atoms with Crippen LogP contribution >= 0.6 is 0 Å². The molecule has 0 saturated carbocycles. The van der Waals surface area contributed by atoms with Gasteiger partial charge in [-0.2, -0.15) is 13.2 Å². The zero-order valence-corrected chi connectivity index (χ0v) is 9.33. The molecule has 1 rings (SSSR count). The van der Waals surface area contributed by atoms with Gasteiger partial charge < -0.3 is 4.74 Å². The number of hydrogen-bond donors (Lipinski definition) is 0. The largest absolute Gasteiger partial charge is 0.478 e. The molecule has 1 heterocycles. The van der Waals surface area contributed by atoms with Crippen LogP contribution in [0.3, 0.4) is 0 Å². The highest BCUT2D eigenvalue weighted by atomic mass is 19.4. The summed E-state index contributed by atoms with van der Waals surface area (Å²) in [6.07, 6.45) is 0.924. The lowest BCUT2D eigenvalue weighted by atomic mass is 10.2. The van der Waals surface area contributed by atoms with Crippen molar-refractivity contribution in [3.8, 4) is 5.88 Å². The van der Waals surface area contributed by atoms with E-state index in [0.717, 1.165) is 31.5 Å². The van der Waals surface area contributed by atoms with Crippen molar-refractivity contribution in [1.82, 2.24) is 4.98 Å². The van der Waals surface area contributed by atoms with Crippen molar-refractivity contribution in [2.45, 2.75) is 25.4 Å². The van der Waals surface area contributed by atoms with Crippen LogP contribution < -0.4 is 4.74 Å². The molecular formula is C12H14F3NO. The molecule has 0 unspecified atom stereocenters. The van der Waals surface area contributed by atoms with Crippen molar-refractivity contribution in [2.75, 3.05) is 6.61 Å². The molecule has 1 aromatic rings. The molecule has 0 amide bonds. The van der Waals surface area contributed by atoms with Crippen LogP contribution in [-0.4, -0.2) is 11.6 Å². The fourth-order valence-electron chi connectivity index (χ4n) is 1.20. The van der Waals surface area contributed by atoms with Crippen LogP contribution in [0.4, 0.5) is 13.2 Å². The minimum atomic E-state index is -4.35. The van der Waals surface area contributed by atoms with Gasteiger partial charge in [-0.3, -0.25) is 0 Å². The predicted molar refractivity (Wildman–Crippen MR) is 58.8 cm³/mol. The summed E-state index contributed by atoms with van der Waals surface area (Å²) in [7, 11) is 0. The first-order valence-electron chi connectivity index (χ1n) is 5.31. The first kappa shape index (κ1) is 13.5. The van der Waals surface area contributed by atoms with Crippen molar-refractivity contribution in [2.24, 2.45) is 0 Å². The van der Waals surface area contributed by atoms with Gasteiger partial charge in [-0.1, -0.05) is 6.08 Å². The SMILES string of the molecule is C=CCCCCOc1ccc(C(F)(F)F)cn1. The Kier molecular flexibility index (Phi) is 5.00. The summed E-state index contributed by atoms with van der Waals surface area (Å²) in [5, 5.41) is 0. The maximum absolute atomic E-state index is 12.2. The molecule has 0 aliphatic heterocycles. The molecule has 17 heavy (non-hydrogen) atoms. The lowest BCUT2D eigenvalue weighted by molar-refractivity contribution is -0.137. The van der Waals surface area contributed by atoms with Gasteiger partial charge in [0.2, 0.25) is 5.88 Å². The summed E-state index contributed by atoms with van der Waals surface area (Å²) in [6.45, 7) is 4.04. The first-order chi connectivity index (χ1) is 8.04. The van der Waals surface area contributed by atoms with E-state index in [2.05, 4.69) is 11.6 Å². The summed E-state index contributed by atoms with van der Waals surface area (Å²) in [5.74, 6) is 0.219. The Hall–Kier alpha value is -1.52. The molecule has 0 bridgehead atoms. The number of halogens is 3. The molecule has 0 radical (unpaired) electrons. The van der Waals surface area contributed by atoms with Crippen LogP contribution in [0.5, 0.6) is 5.88 Å². The zero-order valence-electron chi connectivity index (χ0n) is 9.33. The predicted octanol–water partition coefficient (Wildman–Crippen LogP) is 3.84. The molecule has 0 spiro atoms. The lowest BCUT2D eigenvalue weighted by Crippen LogP contribution is -2.06. The highest BCUT2D eigenvalue weighted by Crippen LogP contribution is 2.29. The fraction of sp³-hybridized carbons (Fsp3) is 0.417. The third-order valence-electron chi connectivity index (χ3n) is 2.12. The maximum Gasteiger partial charge on any atom is 0.417 e. The molecular weight excluding hydrogens is 231 g/mol. The summed E-state index contributed by atoms with van der Waals surface area (Å²) >= 11 is 0. The Bertz CT molecular complexity index is 346. The van der Waals surface area contributed by atoms with Gasteiger partial charge in [-0.25, -0.2) is 4.98 Å². The van der Waals surface area contributed by atoms with Crippen molar-refractivity contribution in [3.05, 3.63) is 36.5 Å². The van der Waals surface area contributed by atoms with Crippen molar-refractivity contribution < 1.29 is 17.9 Å². The number of rotatable bonds is 6. The van der Waals surface area contributed by atoms with Gasteiger partial charge in [-0.05, 0) is 25.3 Å². The van der Waals surface area contributed by atoms with Gasteiger partial charge in [0.15, 0.2) is 0 Å². The van der Waals surface area contributed by atoms with E-state index in [1.807, 2.05) is 6.08 Å². The third kappa shape index (κ3) is 4.89. The van der Waals surface area contributed by atoms with Gasteiger partial charge in [-0.15, -0.1) is 6.58 Å². The lowest BCUT2D eigenvalue weighted by Gasteiger charge is -2.07. The van der Waals surface area contributed by atoms with Gasteiger partial charge in [0.1, 0.15) is 0 Å². The van der Waals surface area contributed by atoms with E-state index >= 15 is 0 Å². The van der Waals surface area contributed by atoms with E-state index in [0.29, 0.717) is 6.61 Å². The summed E-state index contributed by atoms with van der Waals surface area (Å²) in [6, 6.07) is 2.20. The van der Waals surface area contributed by atoms with E-state index in [1.54, 1.807) is 0 Å². The molecule has 5 heteroatoms. The number of alkyl halides is 3. The second kappa shape index (κ2) is 6.27. The zero-order chi connectivity index (χ0) is 12.7. The Labute approximate surface area is 98.1 Å². The minimum Gasteiger partial charge on any atom is -0.478 e. The Balaban J connectivity index is 2.38. The van der Waals surface area contributed by atoms with Crippen LogP contribution in [0, 0.1) is 0 Å². The molecule has 0 atom stereocenters. The fourth-order valence-corrected chi connectivity index (χ4v) is 1.20. The van der Waals surface area contributed by atoms with Crippen molar-refractivity contribution >= 4 is 0 Å². The topological polar surface area (TPSA) is 22.1 Å². The summed E-state index contributed by atoms with van der Waals surface area (Å²) in [5.41, 5.74) is -0.767. The standard InChI is InChI=1S/C12H14F3NO/c1-2-3-4-5-8-17-11-7-6-10(9-16-11)12(13,14)15/h2,6-7,9H,1,3-5,8H2. The number of nitrogens with zero attached hydrogens (tertiary/aromatic N) is 1. The quantitative estimate of drug-likeness (QED) is 0.561. The molecule has 94 valence electrons. The molecule has 0 aromatic carbocycles. The molecule has 0 aliphatic rings. The monoisotopic (exact) mass is 245 g/mol. The normalized spacial score (nSPS) is 11.2. The van der Waals surface area contributed by atoms with Crippen LogP contribution in [0.25, 0.3) is 0 Å². The van der Waals surface area contributed by atoms with Crippen LogP contribution in [-0.2, 0) is 6.18 Å². The number of aromatic nitrogens is 1. The maximum atomic E-state index is 12.2. The van der Waals surface area contributed by atoms with Gasteiger partial charge in [0.25, 0.3) is 0 Å². The van der Waals surface area contributed by atoms with E-state index in [-0.39, 0.29) is 5.88 Å². The van der Waals surface area contributed by atoms with Crippen molar-refractivity contribution in [1.29, 1.82) is 0 Å². The number of unbranched alkanes of at least 4 members (excludes halogenated alkanes) is 2. The number of hydrogen-bond acceptors (Lipinski definition) is 2. The van der Waals surface area contributed by atoms with Gasteiger partial charge >= 0.3 is 6.18 Å².